The van der Waals surface area contributed by atoms with E-state index in [9.17, 15) is 28.4 Å². The molecule has 74 heavy (non-hydrogen) atoms. The van der Waals surface area contributed by atoms with Crippen LogP contribution in [0.1, 0.15) is 139 Å². The van der Waals surface area contributed by atoms with Crippen molar-refractivity contribution in [3.8, 4) is 11.5 Å². The van der Waals surface area contributed by atoms with Crippen molar-refractivity contribution in [2.75, 3.05) is 20.2 Å². The number of carbonyl (C=O) groups is 5. The molecule has 1 heterocycles. The summed E-state index contributed by atoms with van der Waals surface area (Å²) >= 11 is 4.32. The number of hydrogen-bond acceptors (Lipinski definition) is 9. The van der Waals surface area contributed by atoms with Crippen LogP contribution in [0.25, 0.3) is 15.7 Å². The van der Waals surface area contributed by atoms with Crippen molar-refractivity contribution in [3.63, 3.8) is 0 Å². The van der Waals surface area contributed by atoms with Crippen molar-refractivity contribution in [2.45, 2.75) is 133 Å². The summed E-state index contributed by atoms with van der Waals surface area (Å²) in [7, 11) is 1.00. The molecule has 5 amide bonds. The molecule has 6 rings (SSSR count). The number of alkyl halides is 1. The fourth-order valence-electron chi connectivity index (χ4n) is 6.91. The first-order valence-electron chi connectivity index (χ1n) is 25.2. The zero-order chi connectivity index (χ0) is 55.6. The van der Waals surface area contributed by atoms with Crippen LogP contribution >= 0.6 is 12.6 Å². The number of carbonyl (C=O) groups excluding carboxylic acids is 5. The van der Waals surface area contributed by atoms with Crippen LogP contribution in [0.15, 0.2) is 115 Å². The van der Waals surface area contributed by atoms with Crippen molar-refractivity contribution in [1.29, 1.82) is 0 Å². The van der Waals surface area contributed by atoms with Crippen molar-refractivity contribution in [2.24, 2.45) is 11.1 Å². The Hall–Kier alpha value is -6.71. The molecular formula is C59H83FN6O7S. The molecule has 1 fully saturated rings. The summed E-state index contributed by atoms with van der Waals surface area (Å²) < 4.78 is 18.7. The lowest BCUT2D eigenvalue weighted by molar-refractivity contribution is -0.122. The lowest BCUT2D eigenvalue weighted by Crippen LogP contribution is -2.41. The van der Waals surface area contributed by atoms with Gasteiger partial charge >= 0.3 is 0 Å². The van der Waals surface area contributed by atoms with Crippen molar-refractivity contribution in [3.05, 3.63) is 148 Å². The second kappa shape index (κ2) is 36.3. The molecule has 0 spiro atoms. The average molecular weight is 1040 g/mol. The maximum absolute atomic E-state index is 12.7. The Kier molecular flexibility index (Phi) is 32.0. The highest BCUT2D eigenvalue weighted by Crippen LogP contribution is 2.31. The predicted molar refractivity (Wildman–Crippen MR) is 303 cm³/mol. The molecule has 404 valence electrons. The summed E-state index contributed by atoms with van der Waals surface area (Å²) in [6.45, 7) is 21.7. The van der Waals surface area contributed by atoms with Crippen molar-refractivity contribution < 1.29 is 38.2 Å². The Balaban J connectivity index is 0.000000538. The number of nitrogens with one attached hydrogen (secondary N) is 4. The fourth-order valence-corrected chi connectivity index (χ4v) is 7.06. The third kappa shape index (κ3) is 23.9. The maximum atomic E-state index is 12.7. The number of aryl methyl sites for hydroxylation is 1. The van der Waals surface area contributed by atoms with Crippen LogP contribution in [-0.4, -0.2) is 73.3 Å². The molecule has 0 aromatic heterocycles. The molecule has 0 radical (unpaired) electrons. The summed E-state index contributed by atoms with van der Waals surface area (Å²) in [6.07, 6.45) is 6.76. The molecule has 1 aliphatic heterocycles. The van der Waals surface area contributed by atoms with Gasteiger partial charge in [0.15, 0.2) is 0 Å². The molecule has 0 bridgehead atoms. The van der Waals surface area contributed by atoms with E-state index in [4.69, 9.17) is 15.6 Å². The van der Waals surface area contributed by atoms with E-state index < -0.39 is 6.67 Å². The number of rotatable bonds is 18. The number of aliphatic hydroxyl groups excluding tert-OH is 1. The topological polar surface area (TPSA) is 192 Å². The minimum absolute atomic E-state index is 0.0119. The average Bonchev–Trinajstić information content (AvgIpc) is 3.85. The van der Waals surface area contributed by atoms with Gasteiger partial charge in [-0.05, 0) is 128 Å². The minimum Gasteiger partial charge on any atom is -0.457 e. The molecule has 3 atom stereocenters. The van der Waals surface area contributed by atoms with Gasteiger partial charge in [0.2, 0.25) is 25.1 Å². The summed E-state index contributed by atoms with van der Waals surface area (Å²) in [5.74, 6) is 1.26. The van der Waals surface area contributed by atoms with E-state index in [0.29, 0.717) is 73.1 Å². The molecular weight excluding hydrogens is 956 g/mol. The van der Waals surface area contributed by atoms with Gasteiger partial charge < -0.3 is 41.7 Å². The number of ether oxygens (including phenoxy) is 1. The van der Waals surface area contributed by atoms with Crippen molar-refractivity contribution in [1.82, 2.24) is 26.2 Å². The van der Waals surface area contributed by atoms with E-state index in [1.54, 1.807) is 30.3 Å². The standard InChI is InChI=1S/C27H24FNO2.C12H16N2OS.C11H22N2O2.C6H11NO.C2H6.CH4O/c1-2-19-5-3-6-21(15-19)18-29-27(30)23-11-14-25-22(16-23)7-4-8-26(25)31-24-12-9-20(17-28)10-13-24;1-8(13)12(16)11-5-3-10(4-6-11)9(2)14-7-15;1-9(11(2,3)4)13-10(15)6-5-7-12-8-14;1-6-3-2-4-7(6)5-8;2*1-2/h3-16H,2,17-18H2,1H3,(H,29,30);3-7,9,16H,13H2,1-2H3,(H,14,15);8-9H,5-7H2,1-4H3,(H,12,14)(H,13,15);5-6H,2-4H2,1H3;1-2H3;2H,1H3/b;12-8-;;;;/t;2*9-;;;/m.01.../s1. The van der Waals surface area contributed by atoms with Gasteiger partial charge in [-0.1, -0.05) is 114 Å². The number of nitrogens with zero attached hydrogens (tertiary/aromatic N) is 1. The second-order valence-corrected chi connectivity index (χ2v) is 18.7. The van der Waals surface area contributed by atoms with E-state index in [2.05, 4.69) is 80.6 Å². The Morgan fingerprint density at radius 3 is 2.05 bits per heavy atom. The van der Waals surface area contributed by atoms with Crippen LogP contribution in [0, 0.1) is 5.41 Å². The Morgan fingerprint density at radius 1 is 0.878 bits per heavy atom. The number of likely N-dealkylation sites (tertiary alicyclic amines) is 1. The van der Waals surface area contributed by atoms with Crippen LogP contribution in [0.3, 0.4) is 0 Å². The zero-order valence-electron chi connectivity index (χ0n) is 45.5. The lowest BCUT2D eigenvalue weighted by Gasteiger charge is -2.28. The molecule has 13 nitrogen and oxygen atoms in total. The van der Waals surface area contributed by atoms with Gasteiger partial charge in [-0.3, -0.25) is 24.0 Å². The molecule has 5 aromatic carbocycles. The zero-order valence-corrected chi connectivity index (χ0v) is 46.4. The quantitative estimate of drug-likeness (QED) is 0.0256. The SMILES string of the molecule is C/C(N)=C(/S)c1ccc([C@H](C)NC=O)cc1.CC.CC1CCCN1C=O.CCc1cccc(CNC(=O)c2ccc3c(Oc4ccc(CF)cc4)cccc3c2)c1.CO.C[C@@H](NC(=O)CCCNC=O)C(C)(C)C. The van der Waals surface area contributed by atoms with Gasteiger partial charge in [-0.15, -0.1) is 12.6 Å². The minimum atomic E-state index is -0.497. The molecule has 1 aliphatic rings. The number of aliphatic hydroxyl groups is 1. The Morgan fingerprint density at radius 2 is 1.51 bits per heavy atom. The van der Waals surface area contributed by atoms with Gasteiger partial charge in [0.05, 0.1) is 6.04 Å². The summed E-state index contributed by atoms with van der Waals surface area (Å²) in [5, 5.41) is 20.0. The van der Waals surface area contributed by atoms with Crippen LogP contribution in [0.4, 0.5) is 4.39 Å². The highest BCUT2D eigenvalue weighted by Gasteiger charge is 2.21. The number of benzene rings is 5. The molecule has 5 aromatic rings. The van der Waals surface area contributed by atoms with Gasteiger partial charge in [0.25, 0.3) is 5.91 Å². The number of thiol groups is 1. The van der Waals surface area contributed by atoms with Crippen LogP contribution in [0.5, 0.6) is 11.5 Å². The number of halogens is 1. The molecule has 1 saturated heterocycles. The number of fused-ring (bicyclic) bond motifs is 1. The van der Waals surface area contributed by atoms with Gasteiger partial charge in [0.1, 0.15) is 18.2 Å². The monoisotopic (exact) mass is 1040 g/mol. The number of amides is 5. The summed E-state index contributed by atoms with van der Waals surface area (Å²) in [4.78, 5) is 57.1. The third-order valence-electron chi connectivity index (χ3n) is 11.9. The number of hydrogen-bond donors (Lipinski definition) is 7. The fraction of sp³-hybridized carbons (Fsp3) is 0.407. The molecule has 1 unspecified atom stereocenters. The largest absolute Gasteiger partial charge is 0.457 e. The van der Waals surface area contributed by atoms with E-state index in [-0.39, 0.29) is 29.3 Å². The van der Waals surface area contributed by atoms with E-state index in [1.807, 2.05) is 106 Å². The van der Waals surface area contributed by atoms with Crippen LogP contribution in [0.2, 0.25) is 0 Å². The van der Waals surface area contributed by atoms with Crippen molar-refractivity contribution >= 4 is 59.4 Å². The second-order valence-electron chi connectivity index (χ2n) is 18.3. The Bertz CT molecular complexity index is 2460. The highest BCUT2D eigenvalue weighted by molar-refractivity contribution is 7.90. The molecule has 7 N–H and O–H groups in total. The van der Waals surface area contributed by atoms with Gasteiger partial charge in [0, 0.05) is 66.8 Å². The predicted octanol–water partition coefficient (Wildman–Crippen LogP) is 11.0. The van der Waals surface area contributed by atoms with E-state index >= 15 is 0 Å². The molecule has 0 aliphatic carbocycles. The highest BCUT2D eigenvalue weighted by atomic mass is 32.1. The van der Waals surface area contributed by atoms with Crippen LogP contribution in [-0.2, 0) is 38.8 Å². The normalized spacial score (nSPS) is 13.4. The smallest absolute Gasteiger partial charge is 0.251 e. The first kappa shape index (κ1) is 65.3. The first-order chi connectivity index (χ1) is 35.4. The lowest BCUT2D eigenvalue weighted by atomic mass is 9.88. The van der Waals surface area contributed by atoms with Gasteiger partial charge in [-0.2, -0.15) is 0 Å². The molecule has 15 heteroatoms. The number of allylic oxidation sites excluding steroid dienone is 1. The Labute approximate surface area is 445 Å². The third-order valence-corrected chi connectivity index (χ3v) is 12.5. The summed E-state index contributed by atoms with van der Waals surface area (Å²) in [6, 6.07) is 34.9. The van der Waals surface area contributed by atoms with Crippen LogP contribution < -0.4 is 31.7 Å². The van der Waals surface area contributed by atoms with E-state index in [1.165, 1.54) is 18.4 Å². The first-order valence-corrected chi connectivity index (χ1v) is 25.7. The van der Waals surface area contributed by atoms with E-state index in [0.717, 1.165) is 58.9 Å². The van der Waals surface area contributed by atoms with Gasteiger partial charge in [-0.25, -0.2) is 4.39 Å². The number of nitrogens with two attached hydrogens (primary N) is 1. The summed E-state index contributed by atoms with van der Waals surface area (Å²) in [5.41, 5.74) is 12.0. The maximum Gasteiger partial charge on any atom is 0.251 e. The molecule has 0 saturated carbocycles.